The number of amides is 1. The van der Waals surface area contributed by atoms with Crippen molar-refractivity contribution in [1.29, 1.82) is 0 Å². The average molecular weight is 294 g/mol. The third kappa shape index (κ3) is 2.55. The molecule has 4 nitrogen and oxygen atoms in total. The summed E-state index contributed by atoms with van der Waals surface area (Å²) in [4.78, 5) is 14.2. The first-order valence-electron chi connectivity index (χ1n) is 7.18. The number of carbonyl (C=O) groups excluding carboxylic acids is 1. The van der Waals surface area contributed by atoms with E-state index in [1.807, 2.05) is 12.1 Å². The first-order chi connectivity index (χ1) is 9.69. The van der Waals surface area contributed by atoms with Crippen LogP contribution in [0.2, 0.25) is 5.02 Å². The molecule has 2 aliphatic heterocycles. The maximum absolute atomic E-state index is 11.8. The standard InChI is InChI=1S/C15H20ClN3O/c16-13-6-10(7-17)3-4-11(13)9-19-5-1-2-12-14(19)8-18-15(12)20/h3-4,6,12,14H,1-2,5,7-9,17H2,(H,18,20). The molecule has 108 valence electrons. The maximum atomic E-state index is 11.8. The van der Waals surface area contributed by atoms with Crippen molar-refractivity contribution in [3.05, 3.63) is 34.3 Å². The Morgan fingerprint density at radius 3 is 3.05 bits per heavy atom. The average Bonchev–Trinajstić information content (AvgIpc) is 2.84. The molecule has 0 spiro atoms. The zero-order valence-electron chi connectivity index (χ0n) is 11.4. The van der Waals surface area contributed by atoms with E-state index in [2.05, 4.69) is 16.3 Å². The van der Waals surface area contributed by atoms with Crippen molar-refractivity contribution in [2.45, 2.75) is 32.0 Å². The smallest absolute Gasteiger partial charge is 0.224 e. The van der Waals surface area contributed by atoms with Gasteiger partial charge in [0.05, 0.1) is 5.92 Å². The number of benzene rings is 1. The summed E-state index contributed by atoms with van der Waals surface area (Å²) < 4.78 is 0. The van der Waals surface area contributed by atoms with E-state index >= 15 is 0 Å². The summed E-state index contributed by atoms with van der Waals surface area (Å²) in [5.41, 5.74) is 7.79. The fourth-order valence-corrected chi connectivity index (χ4v) is 3.56. The number of fused-ring (bicyclic) bond motifs is 1. The molecule has 2 heterocycles. The van der Waals surface area contributed by atoms with E-state index in [0.29, 0.717) is 12.6 Å². The third-order valence-electron chi connectivity index (χ3n) is 4.44. The minimum Gasteiger partial charge on any atom is -0.354 e. The molecule has 0 radical (unpaired) electrons. The van der Waals surface area contributed by atoms with E-state index in [9.17, 15) is 4.79 Å². The van der Waals surface area contributed by atoms with Gasteiger partial charge >= 0.3 is 0 Å². The van der Waals surface area contributed by atoms with Gasteiger partial charge in [0.2, 0.25) is 5.91 Å². The lowest BCUT2D eigenvalue weighted by molar-refractivity contribution is -0.124. The molecule has 2 unspecified atom stereocenters. The molecule has 0 bridgehead atoms. The van der Waals surface area contributed by atoms with Crippen molar-refractivity contribution in [3.8, 4) is 0 Å². The van der Waals surface area contributed by atoms with Crippen molar-refractivity contribution in [3.63, 3.8) is 0 Å². The van der Waals surface area contributed by atoms with Crippen LogP contribution in [0.4, 0.5) is 0 Å². The van der Waals surface area contributed by atoms with Gasteiger partial charge in [-0.05, 0) is 36.6 Å². The Balaban J connectivity index is 1.75. The van der Waals surface area contributed by atoms with E-state index in [-0.39, 0.29) is 11.8 Å². The zero-order chi connectivity index (χ0) is 14.1. The maximum Gasteiger partial charge on any atom is 0.224 e. The number of rotatable bonds is 3. The second kappa shape index (κ2) is 5.72. The van der Waals surface area contributed by atoms with Crippen LogP contribution in [-0.2, 0) is 17.9 Å². The molecule has 0 aliphatic carbocycles. The Kier molecular flexibility index (Phi) is 3.96. The van der Waals surface area contributed by atoms with Gasteiger partial charge in [-0.3, -0.25) is 9.69 Å². The highest BCUT2D eigenvalue weighted by atomic mass is 35.5. The molecule has 0 aromatic heterocycles. The summed E-state index contributed by atoms with van der Waals surface area (Å²) in [6, 6.07) is 6.34. The summed E-state index contributed by atoms with van der Waals surface area (Å²) >= 11 is 6.33. The molecule has 0 saturated carbocycles. The SMILES string of the molecule is NCc1ccc(CN2CCCC3C(=O)NCC32)c(Cl)c1. The minimum absolute atomic E-state index is 0.158. The third-order valence-corrected chi connectivity index (χ3v) is 4.79. The predicted octanol–water partition coefficient (Wildman–Crippen LogP) is 1.51. The van der Waals surface area contributed by atoms with Gasteiger partial charge in [-0.25, -0.2) is 0 Å². The molecule has 2 saturated heterocycles. The van der Waals surface area contributed by atoms with Crippen molar-refractivity contribution in [2.75, 3.05) is 13.1 Å². The Hall–Kier alpha value is -1.10. The molecule has 2 aliphatic rings. The fraction of sp³-hybridized carbons (Fsp3) is 0.533. The molecule has 2 atom stereocenters. The van der Waals surface area contributed by atoms with Crippen molar-refractivity contribution >= 4 is 17.5 Å². The lowest BCUT2D eigenvalue weighted by Gasteiger charge is -2.36. The monoisotopic (exact) mass is 293 g/mol. The first-order valence-corrected chi connectivity index (χ1v) is 7.56. The topological polar surface area (TPSA) is 58.4 Å². The fourth-order valence-electron chi connectivity index (χ4n) is 3.30. The normalized spacial score (nSPS) is 26.4. The molecular formula is C15H20ClN3O. The highest BCUT2D eigenvalue weighted by Gasteiger charge is 2.40. The summed E-state index contributed by atoms with van der Waals surface area (Å²) in [5.74, 6) is 0.370. The molecule has 5 heteroatoms. The number of halogens is 1. The van der Waals surface area contributed by atoms with E-state index in [1.165, 1.54) is 0 Å². The predicted molar refractivity (Wildman–Crippen MR) is 79.3 cm³/mol. The van der Waals surface area contributed by atoms with Crippen LogP contribution in [0.25, 0.3) is 0 Å². The van der Waals surface area contributed by atoms with Gasteiger partial charge in [-0.15, -0.1) is 0 Å². The molecule has 1 aromatic carbocycles. The number of carbonyl (C=O) groups is 1. The minimum atomic E-state index is 0.158. The lowest BCUT2D eigenvalue weighted by Crippen LogP contribution is -2.44. The molecule has 3 N–H and O–H groups in total. The van der Waals surface area contributed by atoms with Crippen molar-refractivity contribution < 1.29 is 4.79 Å². The van der Waals surface area contributed by atoms with Crippen LogP contribution < -0.4 is 11.1 Å². The summed E-state index contributed by atoms with van der Waals surface area (Å²) in [6.07, 6.45) is 2.08. The molecule has 2 fully saturated rings. The highest BCUT2D eigenvalue weighted by Crippen LogP contribution is 2.30. The van der Waals surface area contributed by atoms with Crippen LogP contribution in [0.5, 0.6) is 0 Å². The number of piperidine rings is 1. The molecule has 1 amide bonds. The van der Waals surface area contributed by atoms with Gasteiger partial charge in [0.25, 0.3) is 0 Å². The van der Waals surface area contributed by atoms with Gasteiger partial charge in [0.15, 0.2) is 0 Å². The molecule has 1 aromatic rings. The molecule has 20 heavy (non-hydrogen) atoms. The summed E-state index contributed by atoms with van der Waals surface area (Å²) in [7, 11) is 0. The van der Waals surface area contributed by atoms with Gasteiger partial charge in [-0.2, -0.15) is 0 Å². The van der Waals surface area contributed by atoms with Crippen LogP contribution in [0, 0.1) is 5.92 Å². The van der Waals surface area contributed by atoms with Gasteiger partial charge in [0, 0.05) is 30.7 Å². The van der Waals surface area contributed by atoms with E-state index in [4.69, 9.17) is 17.3 Å². The Bertz CT molecular complexity index is 520. The van der Waals surface area contributed by atoms with E-state index in [0.717, 1.165) is 48.6 Å². The quantitative estimate of drug-likeness (QED) is 0.888. The summed E-state index contributed by atoms with van der Waals surface area (Å²) in [6.45, 7) is 3.11. The number of nitrogens with one attached hydrogen (secondary N) is 1. The largest absolute Gasteiger partial charge is 0.354 e. The van der Waals surface area contributed by atoms with E-state index < -0.39 is 0 Å². The Morgan fingerprint density at radius 1 is 1.45 bits per heavy atom. The number of hydrogen-bond donors (Lipinski definition) is 2. The van der Waals surface area contributed by atoms with Crippen LogP contribution in [0.3, 0.4) is 0 Å². The highest BCUT2D eigenvalue weighted by molar-refractivity contribution is 6.31. The molecular weight excluding hydrogens is 274 g/mol. The van der Waals surface area contributed by atoms with Crippen LogP contribution in [0.15, 0.2) is 18.2 Å². The van der Waals surface area contributed by atoms with Crippen LogP contribution in [0.1, 0.15) is 24.0 Å². The second-order valence-corrected chi connectivity index (χ2v) is 6.07. The number of hydrogen-bond acceptors (Lipinski definition) is 3. The van der Waals surface area contributed by atoms with Gasteiger partial charge < -0.3 is 11.1 Å². The second-order valence-electron chi connectivity index (χ2n) is 5.66. The lowest BCUT2D eigenvalue weighted by atomic mass is 9.91. The molecule has 3 rings (SSSR count). The van der Waals surface area contributed by atoms with Gasteiger partial charge in [0.1, 0.15) is 0 Å². The van der Waals surface area contributed by atoms with E-state index in [1.54, 1.807) is 0 Å². The summed E-state index contributed by atoms with van der Waals surface area (Å²) in [5, 5.41) is 3.75. The zero-order valence-corrected chi connectivity index (χ0v) is 12.2. The van der Waals surface area contributed by atoms with Crippen LogP contribution >= 0.6 is 11.6 Å². The Morgan fingerprint density at radius 2 is 2.30 bits per heavy atom. The van der Waals surface area contributed by atoms with Crippen molar-refractivity contribution in [1.82, 2.24) is 10.2 Å². The van der Waals surface area contributed by atoms with Gasteiger partial charge in [-0.1, -0.05) is 23.7 Å². The Labute approximate surface area is 124 Å². The van der Waals surface area contributed by atoms with Crippen LogP contribution in [-0.4, -0.2) is 29.9 Å². The number of nitrogens with two attached hydrogens (primary N) is 1. The number of likely N-dealkylation sites (tertiary alicyclic amines) is 1. The van der Waals surface area contributed by atoms with Crippen molar-refractivity contribution in [2.24, 2.45) is 11.7 Å². The number of nitrogens with zero attached hydrogens (tertiary/aromatic N) is 1. The first kappa shape index (κ1) is 13.9.